The molecule has 3 nitrogen and oxygen atoms in total. The molecule has 0 aliphatic heterocycles. The zero-order chi connectivity index (χ0) is 13.2. The van der Waals surface area contributed by atoms with Crippen LogP contribution in [0, 0.1) is 0 Å². The smallest absolute Gasteiger partial charge is 0.0516 e. The zero-order valence-electron chi connectivity index (χ0n) is 12.4. The van der Waals surface area contributed by atoms with Crippen molar-refractivity contribution in [1.82, 2.24) is 14.5 Å². The molecule has 20 heavy (non-hydrogen) atoms. The maximum absolute atomic E-state index is 4.32. The molecule has 110 valence electrons. The fourth-order valence-electron chi connectivity index (χ4n) is 3.28. The van der Waals surface area contributed by atoms with Crippen LogP contribution < -0.4 is 0 Å². The fourth-order valence-corrected chi connectivity index (χ4v) is 3.28. The first-order chi connectivity index (χ1) is 9.27. The molecule has 2 heterocycles. The van der Waals surface area contributed by atoms with E-state index in [1.165, 1.54) is 43.0 Å². The number of rotatable bonds is 4. The largest absolute Gasteiger partial charge is 0.344 e. The average Bonchev–Trinajstić information content (AvgIpc) is 2.74. The molecule has 0 saturated carbocycles. The van der Waals surface area contributed by atoms with Gasteiger partial charge in [-0.2, -0.15) is 0 Å². The summed E-state index contributed by atoms with van der Waals surface area (Å²) in [6.45, 7) is 2.29. The first-order valence-electron chi connectivity index (χ1n) is 7.36. The third-order valence-electron chi connectivity index (χ3n) is 4.17. The van der Waals surface area contributed by atoms with E-state index in [-0.39, 0.29) is 12.4 Å². The molecule has 0 fully saturated rings. The lowest BCUT2D eigenvalue weighted by Crippen LogP contribution is -2.16. The van der Waals surface area contributed by atoms with Gasteiger partial charge in [-0.1, -0.05) is 0 Å². The number of nitrogens with zero attached hydrogens (tertiary/aromatic N) is 3. The van der Waals surface area contributed by atoms with Crippen molar-refractivity contribution in [3.8, 4) is 0 Å². The van der Waals surface area contributed by atoms with Gasteiger partial charge >= 0.3 is 0 Å². The quantitative estimate of drug-likeness (QED) is 0.862. The Morgan fingerprint density at radius 1 is 1.25 bits per heavy atom. The molecule has 0 atom stereocenters. The Morgan fingerprint density at radius 2 is 2.05 bits per heavy atom. The van der Waals surface area contributed by atoms with Crippen molar-refractivity contribution in [2.24, 2.45) is 0 Å². The summed E-state index contributed by atoms with van der Waals surface area (Å²) < 4.78 is 2.55. The summed E-state index contributed by atoms with van der Waals surface area (Å²) in [5.74, 6) is 0. The molecule has 1 aliphatic carbocycles. The first kappa shape index (κ1) is 15.3. The Hall–Kier alpha value is -1.06. The van der Waals surface area contributed by atoms with Crippen molar-refractivity contribution >= 4 is 23.3 Å². The number of hydrogen-bond acceptors (Lipinski definition) is 2. The maximum atomic E-state index is 4.32. The van der Waals surface area contributed by atoms with Crippen LogP contribution in [0.3, 0.4) is 0 Å². The summed E-state index contributed by atoms with van der Waals surface area (Å²) in [6, 6.07) is 2.18. The SMILES string of the molecule is CN(C)CCCn1c2c(c3cnccc31)CCCC2.Cl. The predicted octanol–water partition coefficient (Wildman–Crippen LogP) is 3.29. The van der Waals surface area contributed by atoms with E-state index in [9.17, 15) is 0 Å². The molecule has 4 heteroatoms. The van der Waals surface area contributed by atoms with Crippen LogP contribution in [0.1, 0.15) is 30.5 Å². The second-order valence-electron chi connectivity index (χ2n) is 5.83. The molecule has 2 aromatic rings. The molecular weight excluding hydrogens is 270 g/mol. The van der Waals surface area contributed by atoms with Gasteiger partial charge in [0.15, 0.2) is 0 Å². The van der Waals surface area contributed by atoms with Crippen LogP contribution in [0.25, 0.3) is 10.9 Å². The minimum atomic E-state index is 0. The van der Waals surface area contributed by atoms with Gasteiger partial charge in [-0.15, -0.1) is 12.4 Å². The topological polar surface area (TPSA) is 21.1 Å². The average molecular weight is 294 g/mol. The number of hydrogen-bond donors (Lipinski definition) is 0. The summed E-state index contributed by atoms with van der Waals surface area (Å²) in [7, 11) is 4.29. The van der Waals surface area contributed by atoms with Crippen LogP contribution in [0.4, 0.5) is 0 Å². The molecule has 0 N–H and O–H groups in total. The Morgan fingerprint density at radius 3 is 2.85 bits per heavy atom. The molecule has 0 amide bonds. The second kappa shape index (κ2) is 6.59. The molecule has 0 bridgehead atoms. The van der Waals surface area contributed by atoms with Crippen molar-refractivity contribution in [3.05, 3.63) is 29.7 Å². The minimum absolute atomic E-state index is 0. The molecule has 0 aromatic carbocycles. The third kappa shape index (κ3) is 2.84. The first-order valence-corrected chi connectivity index (χ1v) is 7.36. The monoisotopic (exact) mass is 293 g/mol. The van der Waals surface area contributed by atoms with E-state index in [1.54, 1.807) is 11.3 Å². The van der Waals surface area contributed by atoms with E-state index < -0.39 is 0 Å². The minimum Gasteiger partial charge on any atom is -0.344 e. The van der Waals surface area contributed by atoms with Gasteiger partial charge in [-0.05, 0) is 64.4 Å². The highest BCUT2D eigenvalue weighted by Crippen LogP contribution is 2.31. The van der Waals surface area contributed by atoms with Crippen LogP contribution in [0.5, 0.6) is 0 Å². The van der Waals surface area contributed by atoms with Crippen LogP contribution in [-0.4, -0.2) is 35.1 Å². The Labute approximate surface area is 127 Å². The summed E-state index contributed by atoms with van der Waals surface area (Å²) in [4.78, 5) is 6.58. The molecule has 2 aromatic heterocycles. The lowest BCUT2D eigenvalue weighted by Gasteiger charge is -2.17. The number of pyridine rings is 1. The van der Waals surface area contributed by atoms with Crippen LogP contribution in [0.2, 0.25) is 0 Å². The van der Waals surface area contributed by atoms with Gasteiger partial charge in [-0.3, -0.25) is 4.98 Å². The molecule has 3 rings (SSSR count). The standard InChI is InChI=1S/C16H23N3.ClH/c1-18(2)10-5-11-19-15-7-4-3-6-13(15)14-12-17-9-8-16(14)19;/h8-9,12H,3-7,10-11H2,1-2H3;1H. The van der Waals surface area contributed by atoms with E-state index in [1.807, 2.05) is 6.20 Å². The highest BCUT2D eigenvalue weighted by Gasteiger charge is 2.19. The van der Waals surface area contributed by atoms with Gasteiger partial charge in [0.2, 0.25) is 0 Å². The third-order valence-corrected chi connectivity index (χ3v) is 4.17. The predicted molar refractivity (Wildman–Crippen MR) is 86.8 cm³/mol. The lowest BCUT2D eigenvalue weighted by atomic mass is 9.96. The summed E-state index contributed by atoms with van der Waals surface area (Å²) in [5, 5.41) is 1.39. The molecule has 0 saturated heterocycles. The van der Waals surface area contributed by atoms with E-state index >= 15 is 0 Å². The molecule has 1 aliphatic rings. The normalized spacial score (nSPS) is 14.3. The Bertz CT molecular complexity index is 574. The van der Waals surface area contributed by atoms with Gasteiger partial charge in [0.25, 0.3) is 0 Å². The van der Waals surface area contributed by atoms with Crippen molar-refractivity contribution < 1.29 is 0 Å². The number of halogens is 1. The Balaban J connectivity index is 0.00000147. The van der Waals surface area contributed by atoms with Gasteiger partial charge < -0.3 is 9.47 Å². The Kier molecular flexibility index (Phi) is 5.06. The highest BCUT2D eigenvalue weighted by atomic mass is 35.5. The van der Waals surface area contributed by atoms with Gasteiger partial charge in [0.1, 0.15) is 0 Å². The van der Waals surface area contributed by atoms with Crippen molar-refractivity contribution in [1.29, 1.82) is 0 Å². The van der Waals surface area contributed by atoms with Crippen LogP contribution >= 0.6 is 12.4 Å². The van der Waals surface area contributed by atoms with E-state index in [0.29, 0.717) is 0 Å². The molecule has 0 radical (unpaired) electrons. The molecular formula is C16H24ClN3. The second-order valence-corrected chi connectivity index (χ2v) is 5.83. The van der Waals surface area contributed by atoms with Crippen LogP contribution in [0.15, 0.2) is 18.5 Å². The van der Waals surface area contributed by atoms with Crippen molar-refractivity contribution in [2.45, 2.75) is 38.6 Å². The number of fused-ring (bicyclic) bond motifs is 3. The van der Waals surface area contributed by atoms with Crippen LogP contribution in [-0.2, 0) is 19.4 Å². The highest BCUT2D eigenvalue weighted by molar-refractivity contribution is 5.85. The number of aryl methyl sites for hydroxylation is 2. The van der Waals surface area contributed by atoms with Gasteiger partial charge in [0.05, 0.1) is 5.52 Å². The summed E-state index contributed by atoms with van der Waals surface area (Å²) >= 11 is 0. The zero-order valence-corrected chi connectivity index (χ0v) is 13.2. The van der Waals surface area contributed by atoms with E-state index in [2.05, 4.69) is 40.8 Å². The van der Waals surface area contributed by atoms with Gasteiger partial charge in [-0.25, -0.2) is 0 Å². The lowest BCUT2D eigenvalue weighted by molar-refractivity contribution is 0.386. The fraction of sp³-hybridized carbons (Fsp3) is 0.562. The summed E-state index contributed by atoms with van der Waals surface area (Å²) in [5.41, 5.74) is 4.54. The molecule has 0 unspecified atom stereocenters. The van der Waals surface area contributed by atoms with E-state index in [0.717, 1.165) is 13.1 Å². The van der Waals surface area contributed by atoms with Gasteiger partial charge in [0, 0.05) is 30.0 Å². The van der Waals surface area contributed by atoms with Crippen molar-refractivity contribution in [3.63, 3.8) is 0 Å². The molecule has 0 spiro atoms. The summed E-state index contributed by atoms with van der Waals surface area (Å²) in [6.07, 6.45) is 10.3. The van der Waals surface area contributed by atoms with Crippen molar-refractivity contribution in [2.75, 3.05) is 20.6 Å². The maximum Gasteiger partial charge on any atom is 0.0516 e. The van der Waals surface area contributed by atoms with E-state index in [4.69, 9.17) is 0 Å². The number of aromatic nitrogens is 2.